The number of aliphatic hydroxyl groups is 1. The van der Waals surface area contributed by atoms with E-state index >= 15 is 0 Å². The van der Waals surface area contributed by atoms with Gasteiger partial charge in [0.2, 0.25) is 5.91 Å². The number of likely N-dealkylation sites (N-methyl/N-ethyl adjacent to an activating group) is 1. The predicted molar refractivity (Wildman–Crippen MR) is 80.6 cm³/mol. The van der Waals surface area contributed by atoms with Crippen LogP contribution in [0.1, 0.15) is 25.3 Å². The Bertz CT molecular complexity index is 517. The fourth-order valence-electron chi connectivity index (χ4n) is 2.20. The molecule has 1 fully saturated rings. The highest BCUT2D eigenvalue weighted by Gasteiger charge is 2.31. The van der Waals surface area contributed by atoms with Gasteiger partial charge in [0.05, 0.1) is 12.1 Å². The minimum absolute atomic E-state index is 0.205. The number of amides is 1. The molecular formula is C16H23FN2O2. The largest absolute Gasteiger partial charge is 0.392 e. The number of aryl methyl sites for hydroxylation is 1. The zero-order chi connectivity index (χ0) is 15.6. The quantitative estimate of drug-likeness (QED) is 0.845. The number of anilines is 1. The molecule has 1 amide bonds. The smallest absolute Gasteiger partial charge is 0.241 e. The fraction of sp³-hybridized carbons (Fsp3) is 0.562. The maximum atomic E-state index is 13.5. The molecule has 2 unspecified atom stereocenters. The van der Waals surface area contributed by atoms with Crippen LogP contribution in [-0.4, -0.2) is 41.7 Å². The summed E-state index contributed by atoms with van der Waals surface area (Å²) in [4.78, 5) is 14.0. The van der Waals surface area contributed by atoms with Gasteiger partial charge in [0.15, 0.2) is 0 Å². The molecule has 1 aromatic carbocycles. The lowest BCUT2D eigenvalue weighted by atomic mass is 10.1. The van der Waals surface area contributed by atoms with Crippen molar-refractivity contribution in [3.05, 3.63) is 29.6 Å². The van der Waals surface area contributed by atoms with E-state index < -0.39 is 0 Å². The van der Waals surface area contributed by atoms with Crippen molar-refractivity contribution < 1.29 is 14.3 Å². The number of nitrogens with one attached hydrogen (secondary N) is 1. The summed E-state index contributed by atoms with van der Waals surface area (Å²) in [5, 5.41) is 12.6. The summed E-state index contributed by atoms with van der Waals surface area (Å²) in [6.07, 6.45) is 1.76. The molecule has 116 valence electrons. The third-order valence-electron chi connectivity index (χ3n) is 4.12. The lowest BCUT2D eigenvalue weighted by Gasteiger charge is -2.26. The molecule has 2 rings (SSSR count). The molecule has 0 aromatic heterocycles. The van der Waals surface area contributed by atoms with E-state index in [9.17, 15) is 14.3 Å². The number of halogens is 1. The molecule has 2 N–H and O–H groups in total. The topological polar surface area (TPSA) is 52.6 Å². The second kappa shape index (κ2) is 6.54. The van der Waals surface area contributed by atoms with E-state index in [1.807, 2.05) is 11.9 Å². The number of carbonyl (C=O) groups is 1. The summed E-state index contributed by atoms with van der Waals surface area (Å²) in [7, 11) is 1.81. The molecule has 0 heterocycles. The van der Waals surface area contributed by atoms with Crippen LogP contribution in [0.2, 0.25) is 0 Å². The maximum absolute atomic E-state index is 13.5. The van der Waals surface area contributed by atoms with Crippen molar-refractivity contribution in [3.8, 4) is 0 Å². The lowest BCUT2D eigenvalue weighted by molar-refractivity contribution is -0.120. The van der Waals surface area contributed by atoms with Crippen LogP contribution in [0.3, 0.4) is 0 Å². The highest BCUT2D eigenvalue weighted by atomic mass is 19.1. The molecule has 1 saturated carbocycles. The second-order valence-electron chi connectivity index (χ2n) is 5.97. The van der Waals surface area contributed by atoms with E-state index in [0.717, 1.165) is 12.8 Å². The summed E-state index contributed by atoms with van der Waals surface area (Å²) in [5.41, 5.74) is 0.997. The first-order chi connectivity index (χ1) is 9.88. The summed E-state index contributed by atoms with van der Waals surface area (Å²) < 4.78 is 13.5. The first kappa shape index (κ1) is 15.9. The molecule has 1 aliphatic carbocycles. The molecule has 4 nitrogen and oxygen atoms in total. The van der Waals surface area contributed by atoms with Crippen LogP contribution in [0.15, 0.2) is 18.2 Å². The molecular weight excluding hydrogens is 271 g/mol. The third-order valence-corrected chi connectivity index (χ3v) is 4.12. The number of aliphatic hydroxyl groups excluding tert-OH is 1. The van der Waals surface area contributed by atoms with Crippen LogP contribution in [0.4, 0.5) is 10.1 Å². The van der Waals surface area contributed by atoms with Gasteiger partial charge in [-0.05, 0) is 57.4 Å². The van der Waals surface area contributed by atoms with Gasteiger partial charge < -0.3 is 10.4 Å². The van der Waals surface area contributed by atoms with E-state index in [-0.39, 0.29) is 23.9 Å². The molecule has 0 spiro atoms. The Morgan fingerprint density at radius 2 is 2.19 bits per heavy atom. The number of rotatable bonds is 6. The van der Waals surface area contributed by atoms with Crippen molar-refractivity contribution in [2.24, 2.45) is 5.92 Å². The Morgan fingerprint density at radius 3 is 2.76 bits per heavy atom. The average molecular weight is 294 g/mol. The zero-order valence-corrected chi connectivity index (χ0v) is 12.8. The Kier molecular flexibility index (Phi) is 4.96. The molecule has 0 bridgehead atoms. The van der Waals surface area contributed by atoms with Gasteiger partial charge in [0, 0.05) is 12.2 Å². The average Bonchev–Trinajstić information content (AvgIpc) is 3.26. The summed E-state index contributed by atoms with van der Waals surface area (Å²) >= 11 is 0. The van der Waals surface area contributed by atoms with Crippen molar-refractivity contribution in [1.29, 1.82) is 0 Å². The number of hydrogen-bond acceptors (Lipinski definition) is 3. The number of benzene rings is 1. The highest BCUT2D eigenvalue weighted by molar-refractivity contribution is 5.94. The highest BCUT2D eigenvalue weighted by Crippen LogP contribution is 2.32. The number of carbonyl (C=O) groups excluding carboxylic acids is 1. The van der Waals surface area contributed by atoms with Crippen LogP contribution < -0.4 is 5.32 Å². The van der Waals surface area contributed by atoms with Crippen LogP contribution in [0.25, 0.3) is 0 Å². The van der Waals surface area contributed by atoms with E-state index in [1.165, 1.54) is 6.07 Å². The second-order valence-corrected chi connectivity index (χ2v) is 5.97. The molecule has 0 saturated heterocycles. The van der Waals surface area contributed by atoms with Gasteiger partial charge in [0.25, 0.3) is 0 Å². The van der Waals surface area contributed by atoms with Gasteiger partial charge in [-0.15, -0.1) is 0 Å². The molecule has 0 aliphatic heterocycles. The van der Waals surface area contributed by atoms with Crippen LogP contribution in [0, 0.1) is 18.7 Å². The molecule has 1 aromatic rings. The minimum Gasteiger partial charge on any atom is -0.392 e. The summed E-state index contributed by atoms with van der Waals surface area (Å²) in [5.74, 6) is -0.157. The van der Waals surface area contributed by atoms with Crippen molar-refractivity contribution in [1.82, 2.24) is 4.90 Å². The maximum Gasteiger partial charge on any atom is 0.241 e. The van der Waals surface area contributed by atoms with Gasteiger partial charge in [-0.2, -0.15) is 0 Å². The van der Waals surface area contributed by atoms with Gasteiger partial charge in [-0.25, -0.2) is 4.39 Å². The summed E-state index contributed by atoms with van der Waals surface area (Å²) in [6, 6.07) is 4.25. The predicted octanol–water partition coefficient (Wildman–Crippen LogP) is 2.16. The monoisotopic (exact) mass is 294 g/mol. The minimum atomic E-state index is -0.386. The Hall–Kier alpha value is -1.46. The number of nitrogens with zero attached hydrogens (tertiary/aromatic N) is 1. The van der Waals surface area contributed by atoms with Crippen molar-refractivity contribution >= 4 is 11.6 Å². The standard InChI is InChI=1S/C16H23FN2O2/c1-10-4-7-13(8-14(10)17)18-16(21)11(2)19(3)9-15(20)12-5-6-12/h4,7-8,11-12,15,20H,5-6,9H2,1-3H3,(H,18,21). The third kappa shape index (κ3) is 4.25. The summed E-state index contributed by atoms with van der Waals surface area (Å²) in [6.45, 7) is 3.93. The lowest BCUT2D eigenvalue weighted by Crippen LogP contribution is -2.43. The van der Waals surface area contributed by atoms with Gasteiger partial charge in [-0.3, -0.25) is 9.69 Å². The molecule has 0 radical (unpaired) electrons. The Balaban J connectivity index is 1.90. The normalized spacial score (nSPS) is 17.6. The molecule has 5 heteroatoms. The van der Waals surface area contributed by atoms with Crippen molar-refractivity contribution in [2.75, 3.05) is 18.9 Å². The Labute approximate surface area is 125 Å². The van der Waals surface area contributed by atoms with Crippen molar-refractivity contribution in [2.45, 2.75) is 38.8 Å². The molecule has 21 heavy (non-hydrogen) atoms. The van der Waals surface area contributed by atoms with Gasteiger partial charge in [-0.1, -0.05) is 6.07 Å². The van der Waals surface area contributed by atoms with Gasteiger partial charge >= 0.3 is 0 Å². The number of hydrogen-bond donors (Lipinski definition) is 2. The van der Waals surface area contributed by atoms with E-state index in [2.05, 4.69) is 5.32 Å². The van der Waals surface area contributed by atoms with Gasteiger partial charge in [0.1, 0.15) is 5.82 Å². The molecule has 1 aliphatic rings. The molecule has 2 atom stereocenters. The van der Waals surface area contributed by atoms with E-state index in [1.54, 1.807) is 26.0 Å². The fourth-order valence-corrected chi connectivity index (χ4v) is 2.20. The van der Waals surface area contributed by atoms with E-state index in [0.29, 0.717) is 23.7 Å². The first-order valence-electron chi connectivity index (χ1n) is 7.34. The van der Waals surface area contributed by atoms with Crippen LogP contribution >= 0.6 is 0 Å². The van der Waals surface area contributed by atoms with Crippen molar-refractivity contribution in [3.63, 3.8) is 0 Å². The zero-order valence-electron chi connectivity index (χ0n) is 12.8. The SMILES string of the molecule is Cc1ccc(NC(=O)C(C)N(C)CC(O)C2CC2)cc1F. The first-order valence-corrected chi connectivity index (χ1v) is 7.34. The Morgan fingerprint density at radius 1 is 1.52 bits per heavy atom. The van der Waals surface area contributed by atoms with Crippen LogP contribution in [0.5, 0.6) is 0 Å². The van der Waals surface area contributed by atoms with Crippen LogP contribution in [-0.2, 0) is 4.79 Å². The van der Waals surface area contributed by atoms with E-state index in [4.69, 9.17) is 0 Å².